The standard InChI is InChI=1S/C22H23ClFN3OS/c23-18-10-8-11-19(15-18)27-21(13-4-2-1-3-7-14-28)25-26-22(27)29-16-17-9-5-6-12-20(17)24/h5-6,8-12,14-15H,1-4,7,13,16H2. The molecule has 0 atom stereocenters. The Balaban J connectivity index is 1.76. The molecule has 0 aliphatic heterocycles. The Morgan fingerprint density at radius 2 is 1.86 bits per heavy atom. The zero-order valence-corrected chi connectivity index (χ0v) is 17.6. The molecule has 0 radical (unpaired) electrons. The summed E-state index contributed by atoms with van der Waals surface area (Å²) >= 11 is 7.65. The second-order valence-corrected chi connectivity index (χ2v) is 8.09. The lowest BCUT2D eigenvalue weighted by atomic mass is 10.1. The van der Waals surface area contributed by atoms with E-state index in [0.717, 1.165) is 49.9 Å². The molecule has 0 saturated carbocycles. The van der Waals surface area contributed by atoms with Crippen LogP contribution in [0.3, 0.4) is 0 Å². The van der Waals surface area contributed by atoms with Gasteiger partial charge in [-0.05, 0) is 42.7 Å². The fourth-order valence-electron chi connectivity index (χ4n) is 3.05. The predicted octanol–water partition coefficient (Wildman–Crippen LogP) is 6.04. The Labute approximate surface area is 179 Å². The number of hydrogen-bond acceptors (Lipinski definition) is 4. The lowest BCUT2D eigenvalue weighted by Crippen LogP contribution is -2.03. The van der Waals surface area contributed by atoms with Crippen molar-refractivity contribution in [1.29, 1.82) is 0 Å². The van der Waals surface area contributed by atoms with Gasteiger partial charge in [-0.3, -0.25) is 4.57 Å². The molecule has 0 bridgehead atoms. The quantitative estimate of drug-likeness (QED) is 0.211. The van der Waals surface area contributed by atoms with Crippen molar-refractivity contribution in [2.75, 3.05) is 0 Å². The van der Waals surface area contributed by atoms with E-state index >= 15 is 0 Å². The van der Waals surface area contributed by atoms with E-state index in [1.165, 1.54) is 17.8 Å². The van der Waals surface area contributed by atoms with E-state index in [1.807, 2.05) is 34.9 Å². The molecular formula is C22H23ClFN3OS. The molecule has 0 aliphatic carbocycles. The van der Waals surface area contributed by atoms with Crippen molar-refractivity contribution >= 4 is 29.6 Å². The van der Waals surface area contributed by atoms with Crippen LogP contribution < -0.4 is 0 Å². The number of aryl methyl sites for hydroxylation is 1. The summed E-state index contributed by atoms with van der Waals surface area (Å²) in [5, 5.41) is 10.1. The number of carbonyl (C=O) groups is 1. The van der Waals surface area contributed by atoms with Gasteiger partial charge >= 0.3 is 0 Å². The van der Waals surface area contributed by atoms with Gasteiger partial charge in [0.05, 0.1) is 5.69 Å². The Hall–Kier alpha value is -2.18. The third kappa shape index (κ3) is 6.15. The third-order valence-corrected chi connectivity index (χ3v) is 5.77. The number of aromatic nitrogens is 3. The second-order valence-electron chi connectivity index (χ2n) is 6.71. The minimum absolute atomic E-state index is 0.218. The molecule has 0 aliphatic rings. The van der Waals surface area contributed by atoms with Crippen molar-refractivity contribution in [3.05, 3.63) is 70.8 Å². The fraction of sp³-hybridized carbons (Fsp3) is 0.318. The lowest BCUT2D eigenvalue weighted by molar-refractivity contribution is -0.107. The number of carbonyl (C=O) groups excluding carboxylic acids is 1. The molecule has 152 valence electrons. The summed E-state index contributed by atoms with van der Waals surface area (Å²) in [4.78, 5) is 10.4. The van der Waals surface area contributed by atoms with Crippen molar-refractivity contribution in [2.24, 2.45) is 0 Å². The van der Waals surface area contributed by atoms with E-state index in [9.17, 15) is 9.18 Å². The van der Waals surface area contributed by atoms with Crippen LogP contribution in [-0.2, 0) is 17.0 Å². The molecule has 0 N–H and O–H groups in total. The van der Waals surface area contributed by atoms with E-state index in [2.05, 4.69) is 10.2 Å². The minimum atomic E-state index is -0.218. The van der Waals surface area contributed by atoms with E-state index in [0.29, 0.717) is 27.9 Å². The van der Waals surface area contributed by atoms with Crippen LogP contribution in [0, 0.1) is 5.82 Å². The van der Waals surface area contributed by atoms with Crippen molar-refractivity contribution in [2.45, 2.75) is 49.4 Å². The summed E-state index contributed by atoms with van der Waals surface area (Å²) < 4.78 is 16.0. The smallest absolute Gasteiger partial charge is 0.196 e. The molecule has 29 heavy (non-hydrogen) atoms. The zero-order chi connectivity index (χ0) is 20.5. The van der Waals surface area contributed by atoms with Crippen LogP contribution in [0.2, 0.25) is 5.02 Å². The predicted molar refractivity (Wildman–Crippen MR) is 115 cm³/mol. The molecule has 4 nitrogen and oxygen atoms in total. The topological polar surface area (TPSA) is 47.8 Å². The maximum Gasteiger partial charge on any atom is 0.196 e. The highest BCUT2D eigenvalue weighted by Gasteiger charge is 2.15. The SMILES string of the molecule is O=CCCCCCCc1nnc(SCc2ccccc2F)n1-c1cccc(Cl)c1. The number of hydrogen-bond donors (Lipinski definition) is 0. The van der Waals surface area contributed by atoms with Gasteiger partial charge < -0.3 is 4.79 Å². The average molecular weight is 432 g/mol. The molecule has 1 aromatic heterocycles. The van der Waals surface area contributed by atoms with Crippen LogP contribution in [0.1, 0.15) is 43.5 Å². The van der Waals surface area contributed by atoms with Crippen molar-refractivity contribution in [3.63, 3.8) is 0 Å². The third-order valence-electron chi connectivity index (χ3n) is 4.55. The first-order valence-corrected chi connectivity index (χ1v) is 11.1. The van der Waals surface area contributed by atoms with Crippen LogP contribution in [-0.4, -0.2) is 21.1 Å². The summed E-state index contributed by atoms with van der Waals surface area (Å²) in [5.74, 6) is 1.11. The summed E-state index contributed by atoms with van der Waals surface area (Å²) in [6.07, 6.45) is 6.32. The van der Waals surface area contributed by atoms with Crippen molar-refractivity contribution in [3.8, 4) is 5.69 Å². The van der Waals surface area contributed by atoms with Crippen molar-refractivity contribution < 1.29 is 9.18 Å². The molecule has 3 rings (SSSR count). The maximum atomic E-state index is 14.0. The molecule has 0 unspecified atom stereocenters. The van der Waals surface area contributed by atoms with Gasteiger partial charge in [0.15, 0.2) is 5.16 Å². The fourth-order valence-corrected chi connectivity index (χ4v) is 4.19. The Morgan fingerprint density at radius 1 is 1.03 bits per heavy atom. The number of rotatable bonds is 11. The molecule has 2 aromatic carbocycles. The van der Waals surface area contributed by atoms with E-state index in [-0.39, 0.29) is 5.82 Å². The van der Waals surface area contributed by atoms with Gasteiger partial charge in [-0.25, -0.2) is 4.39 Å². The maximum absolute atomic E-state index is 14.0. The number of unbranched alkanes of at least 4 members (excludes halogenated alkanes) is 4. The van der Waals surface area contributed by atoms with Crippen LogP contribution in [0.15, 0.2) is 53.7 Å². The molecular weight excluding hydrogens is 409 g/mol. The molecule has 0 amide bonds. The number of thioether (sulfide) groups is 1. The Bertz CT molecular complexity index is 947. The normalized spacial score (nSPS) is 11.0. The van der Waals surface area contributed by atoms with Gasteiger partial charge in [0, 0.05) is 23.6 Å². The molecule has 0 fully saturated rings. The Morgan fingerprint density at radius 3 is 2.66 bits per heavy atom. The highest BCUT2D eigenvalue weighted by molar-refractivity contribution is 7.98. The number of aldehydes is 1. The minimum Gasteiger partial charge on any atom is -0.303 e. The van der Waals surface area contributed by atoms with Gasteiger partial charge in [-0.2, -0.15) is 0 Å². The lowest BCUT2D eigenvalue weighted by Gasteiger charge is -2.11. The van der Waals surface area contributed by atoms with Gasteiger partial charge in [-0.15, -0.1) is 10.2 Å². The highest BCUT2D eigenvalue weighted by atomic mass is 35.5. The van der Waals surface area contributed by atoms with Crippen LogP contribution in [0.4, 0.5) is 4.39 Å². The van der Waals surface area contributed by atoms with E-state index in [1.54, 1.807) is 12.1 Å². The van der Waals surface area contributed by atoms with Gasteiger partial charge in [0.2, 0.25) is 0 Å². The van der Waals surface area contributed by atoms with E-state index < -0.39 is 0 Å². The summed E-state index contributed by atoms with van der Waals surface area (Å²) in [6, 6.07) is 14.3. The summed E-state index contributed by atoms with van der Waals surface area (Å²) in [5.41, 5.74) is 1.53. The monoisotopic (exact) mass is 431 g/mol. The second kappa shape index (κ2) is 11.1. The van der Waals surface area contributed by atoms with E-state index in [4.69, 9.17) is 11.6 Å². The molecule has 3 aromatic rings. The zero-order valence-electron chi connectivity index (χ0n) is 16.1. The van der Waals surface area contributed by atoms with Gasteiger partial charge in [0.25, 0.3) is 0 Å². The Kier molecular flexibility index (Phi) is 8.25. The molecule has 0 spiro atoms. The first-order valence-electron chi connectivity index (χ1n) is 9.69. The first kappa shape index (κ1) is 21.5. The molecule has 0 saturated heterocycles. The number of benzene rings is 2. The van der Waals surface area contributed by atoms with Crippen LogP contribution in [0.25, 0.3) is 5.69 Å². The van der Waals surface area contributed by atoms with Gasteiger partial charge in [-0.1, -0.05) is 60.5 Å². The average Bonchev–Trinajstić information content (AvgIpc) is 3.13. The summed E-state index contributed by atoms with van der Waals surface area (Å²) in [7, 11) is 0. The van der Waals surface area contributed by atoms with Gasteiger partial charge in [0.1, 0.15) is 17.9 Å². The highest BCUT2D eigenvalue weighted by Crippen LogP contribution is 2.28. The summed E-state index contributed by atoms with van der Waals surface area (Å²) in [6.45, 7) is 0. The number of nitrogens with zero attached hydrogens (tertiary/aromatic N) is 3. The van der Waals surface area contributed by atoms with Crippen LogP contribution in [0.5, 0.6) is 0 Å². The van der Waals surface area contributed by atoms with Crippen molar-refractivity contribution in [1.82, 2.24) is 14.8 Å². The molecule has 1 heterocycles. The largest absolute Gasteiger partial charge is 0.303 e. The molecule has 7 heteroatoms. The van der Waals surface area contributed by atoms with Crippen LogP contribution >= 0.6 is 23.4 Å². The first-order chi connectivity index (χ1) is 14.2. The number of halogens is 2.